The molecule has 0 bridgehead atoms. The van der Waals surface area contributed by atoms with Gasteiger partial charge in [-0.25, -0.2) is 0 Å². The van der Waals surface area contributed by atoms with Gasteiger partial charge >= 0.3 is 0 Å². The van der Waals surface area contributed by atoms with Crippen molar-refractivity contribution in [1.29, 1.82) is 0 Å². The summed E-state index contributed by atoms with van der Waals surface area (Å²) in [5, 5.41) is 24.2. The van der Waals surface area contributed by atoms with Crippen LogP contribution in [0.4, 0.5) is 0 Å². The number of nitro groups is 1. The lowest BCUT2D eigenvalue weighted by atomic mass is 9.73. The van der Waals surface area contributed by atoms with E-state index >= 15 is 0 Å². The summed E-state index contributed by atoms with van der Waals surface area (Å²) >= 11 is 1.37. The summed E-state index contributed by atoms with van der Waals surface area (Å²) in [6.07, 6.45) is 6.78. The molecule has 0 aromatic heterocycles. The fraction of sp³-hybridized carbons (Fsp3) is 0.481. The second-order valence-corrected chi connectivity index (χ2v) is 9.81. The van der Waals surface area contributed by atoms with Gasteiger partial charge in [-0.15, -0.1) is 11.8 Å². The zero-order valence-electron chi connectivity index (χ0n) is 20.8. The number of ether oxygens (including phenoxy) is 2. The normalized spacial score (nSPS) is 18.2. The lowest BCUT2D eigenvalue weighted by Gasteiger charge is -2.44. The zero-order chi connectivity index (χ0) is 25.3. The molecule has 35 heavy (non-hydrogen) atoms. The van der Waals surface area contributed by atoms with Gasteiger partial charge in [0.2, 0.25) is 0 Å². The fourth-order valence-electron chi connectivity index (χ4n) is 4.82. The van der Waals surface area contributed by atoms with E-state index in [2.05, 4.69) is 0 Å². The van der Waals surface area contributed by atoms with E-state index < -0.39 is 10.5 Å². The van der Waals surface area contributed by atoms with Crippen molar-refractivity contribution < 1.29 is 19.5 Å². The van der Waals surface area contributed by atoms with Crippen molar-refractivity contribution in [2.45, 2.75) is 44.6 Å². The van der Waals surface area contributed by atoms with Crippen molar-refractivity contribution >= 4 is 11.8 Å². The molecular formula is C27H36N2O5S. The maximum absolute atomic E-state index is 12.4. The number of hydrogen-bond donors (Lipinski definition) is 1. The largest absolute Gasteiger partial charge is 0.457 e. The van der Waals surface area contributed by atoms with Crippen molar-refractivity contribution in [3.05, 3.63) is 81.0 Å². The van der Waals surface area contributed by atoms with Crippen LogP contribution in [-0.2, 0) is 10.3 Å². The molecule has 190 valence electrons. The van der Waals surface area contributed by atoms with Crippen LogP contribution in [0, 0.1) is 23.0 Å². The molecule has 0 aliphatic carbocycles. The molecule has 0 spiro atoms. The number of hydrogen-bond acceptors (Lipinski definition) is 7. The average molecular weight is 501 g/mol. The minimum absolute atomic E-state index is 0.109. The van der Waals surface area contributed by atoms with Crippen molar-refractivity contribution in [2.75, 3.05) is 33.1 Å². The fourth-order valence-corrected chi connectivity index (χ4v) is 5.44. The molecule has 1 aliphatic heterocycles. The van der Waals surface area contributed by atoms with Gasteiger partial charge in [-0.1, -0.05) is 36.4 Å². The third-order valence-corrected chi connectivity index (χ3v) is 7.44. The monoisotopic (exact) mass is 500 g/mol. The smallest absolute Gasteiger partial charge is 0.264 e. The van der Waals surface area contributed by atoms with E-state index in [0.29, 0.717) is 30.4 Å². The van der Waals surface area contributed by atoms with Gasteiger partial charge in [0, 0.05) is 38.3 Å². The molecule has 0 saturated carbocycles. The number of para-hydroxylation sites is 2. The molecule has 2 aromatic rings. The third kappa shape index (κ3) is 6.99. The SMILES string of the molecule is COCCCC[C@@](O)(c1ccccc1Oc1ccccc1C)[C@@H]1CCCN(/C(=C/[N+](=O)[O-])SC)C1. The molecule has 1 saturated heterocycles. The second kappa shape index (κ2) is 13.0. The van der Waals surface area contributed by atoms with Gasteiger partial charge in [0.25, 0.3) is 6.20 Å². The van der Waals surface area contributed by atoms with Crippen LogP contribution in [0.15, 0.2) is 59.8 Å². The van der Waals surface area contributed by atoms with E-state index in [1.54, 1.807) is 7.11 Å². The van der Waals surface area contributed by atoms with E-state index in [0.717, 1.165) is 55.3 Å². The molecule has 7 nitrogen and oxygen atoms in total. The minimum atomic E-state index is -1.15. The summed E-state index contributed by atoms with van der Waals surface area (Å²) in [5.41, 5.74) is 0.630. The van der Waals surface area contributed by atoms with Gasteiger partial charge in [0.15, 0.2) is 0 Å². The Balaban J connectivity index is 1.97. The summed E-state index contributed by atoms with van der Waals surface area (Å²) in [4.78, 5) is 12.8. The van der Waals surface area contributed by atoms with E-state index in [1.165, 1.54) is 11.8 Å². The summed E-state index contributed by atoms with van der Waals surface area (Å²) in [7, 11) is 1.68. The van der Waals surface area contributed by atoms with E-state index in [4.69, 9.17) is 9.47 Å². The van der Waals surface area contributed by atoms with Gasteiger partial charge < -0.3 is 19.5 Å². The van der Waals surface area contributed by atoms with Crippen LogP contribution in [0.2, 0.25) is 0 Å². The number of likely N-dealkylation sites (tertiary alicyclic amines) is 1. The second-order valence-electron chi connectivity index (χ2n) is 8.98. The standard InChI is InChI=1S/C27H36N2O5S/c1-21-11-4-6-14-24(21)34-25-15-7-5-13-23(25)27(30,16-8-9-18-33-2)22-12-10-17-28(19-22)26(35-3)20-29(31)32/h4-7,11,13-15,20,22,30H,8-10,12,16-19H2,1-3H3/b26-20-/t22-,27+/m1/s1. The maximum atomic E-state index is 12.4. The third-order valence-electron chi connectivity index (χ3n) is 6.66. The van der Waals surface area contributed by atoms with Gasteiger partial charge in [-0.05, 0) is 63.0 Å². The van der Waals surface area contributed by atoms with Crippen LogP contribution in [0.1, 0.15) is 43.2 Å². The number of nitrogens with zero attached hydrogens (tertiary/aromatic N) is 2. The Morgan fingerprint density at radius 1 is 1.23 bits per heavy atom. The molecule has 0 amide bonds. The number of aryl methyl sites for hydroxylation is 1. The van der Waals surface area contributed by atoms with Crippen molar-refractivity contribution in [1.82, 2.24) is 4.90 Å². The van der Waals surface area contributed by atoms with Crippen LogP contribution < -0.4 is 4.74 Å². The highest BCUT2D eigenvalue weighted by Crippen LogP contribution is 2.45. The number of benzene rings is 2. The maximum Gasteiger partial charge on any atom is 0.264 e. The predicted octanol–water partition coefficient (Wildman–Crippen LogP) is 5.94. The molecule has 1 aliphatic rings. The van der Waals surface area contributed by atoms with Gasteiger partial charge in [0.1, 0.15) is 16.5 Å². The summed E-state index contributed by atoms with van der Waals surface area (Å²) < 4.78 is 11.6. The average Bonchev–Trinajstić information content (AvgIpc) is 2.86. The molecule has 3 rings (SSSR count). The number of piperidine rings is 1. The van der Waals surface area contributed by atoms with Crippen LogP contribution in [0.5, 0.6) is 11.5 Å². The zero-order valence-corrected chi connectivity index (χ0v) is 21.6. The van der Waals surface area contributed by atoms with Crippen molar-refractivity contribution in [3.8, 4) is 11.5 Å². The first kappa shape index (κ1) is 27.0. The quantitative estimate of drug-likeness (QED) is 0.219. The molecule has 2 atom stereocenters. The Bertz CT molecular complexity index is 1010. The molecule has 1 fully saturated rings. The molecule has 8 heteroatoms. The first-order valence-corrected chi connectivity index (χ1v) is 13.3. The number of unbranched alkanes of at least 4 members (excludes halogenated alkanes) is 1. The topological polar surface area (TPSA) is 85.1 Å². The van der Waals surface area contributed by atoms with Crippen LogP contribution in [0.3, 0.4) is 0 Å². The molecular weight excluding hydrogens is 464 g/mol. The van der Waals surface area contributed by atoms with E-state index in [-0.39, 0.29) is 5.92 Å². The van der Waals surface area contributed by atoms with Gasteiger partial charge in [-0.3, -0.25) is 10.1 Å². The highest BCUT2D eigenvalue weighted by Gasteiger charge is 2.42. The summed E-state index contributed by atoms with van der Waals surface area (Å²) in [5.74, 6) is 1.28. The molecule has 1 heterocycles. The van der Waals surface area contributed by atoms with Gasteiger partial charge in [-0.2, -0.15) is 0 Å². The number of aliphatic hydroxyl groups is 1. The molecule has 0 radical (unpaired) electrons. The Labute approximate surface area is 212 Å². The summed E-state index contributed by atoms with van der Waals surface area (Å²) in [6, 6.07) is 15.5. The Kier molecular flexibility index (Phi) is 10.0. The number of thioether (sulfide) groups is 1. The lowest BCUT2D eigenvalue weighted by molar-refractivity contribution is -0.403. The number of rotatable bonds is 12. The Morgan fingerprint density at radius 3 is 2.63 bits per heavy atom. The van der Waals surface area contributed by atoms with E-state index in [1.807, 2.05) is 66.6 Å². The van der Waals surface area contributed by atoms with Crippen molar-refractivity contribution in [3.63, 3.8) is 0 Å². The van der Waals surface area contributed by atoms with Crippen molar-refractivity contribution in [2.24, 2.45) is 5.92 Å². The van der Waals surface area contributed by atoms with E-state index in [9.17, 15) is 15.2 Å². The van der Waals surface area contributed by atoms with Crippen LogP contribution in [0.25, 0.3) is 0 Å². The van der Waals surface area contributed by atoms with Gasteiger partial charge in [0.05, 0.1) is 10.5 Å². The Morgan fingerprint density at radius 2 is 1.94 bits per heavy atom. The summed E-state index contributed by atoms with van der Waals surface area (Å²) in [6.45, 7) is 3.91. The molecule has 1 N–H and O–H groups in total. The number of methoxy groups -OCH3 is 1. The molecule has 0 unspecified atom stereocenters. The minimum Gasteiger partial charge on any atom is -0.457 e. The molecule has 2 aromatic carbocycles. The van der Waals surface area contributed by atoms with Crippen LogP contribution in [-0.4, -0.2) is 48.0 Å². The lowest BCUT2D eigenvalue weighted by Crippen LogP contribution is -2.45. The first-order valence-electron chi connectivity index (χ1n) is 12.1. The highest BCUT2D eigenvalue weighted by molar-refractivity contribution is 8.02. The van der Waals surface area contributed by atoms with Crippen LogP contribution >= 0.6 is 11.8 Å². The predicted molar refractivity (Wildman–Crippen MR) is 140 cm³/mol. The first-order chi connectivity index (χ1) is 16.9. The highest BCUT2D eigenvalue weighted by atomic mass is 32.2. The Hall–Kier alpha value is -2.55.